The van der Waals surface area contributed by atoms with Crippen molar-refractivity contribution >= 4 is 0 Å². The van der Waals surface area contributed by atoms with Gasteiger partial charge in [-0.15, -0.1) is 0 Å². The summed E-state index contributed by atoms with van der Waals surface area (Å²) in [4.78, 5) is 0. The van der Waals surface area contributed by atoms with Gasteiger partial charge in [0.1, 0.15) is 0 Å². The predicted molar refractivity (Wildman–Crippen MR) is 67.7 cm³/mol. The Balaban J connectivity index is 1.86. The summed E-state index contributed by atoms with van der Waals surface area (Å²) in [6.45, 7) is 3.59. The summed E-state index contributed by atoms with van der Waals surface area (Å²) in [5.74, 6) is -0.659. The largest absolute Gasteiger partial charge is 0.358 e. The van der Waals surface area contributed by atoms with Crippen molar-refractivity contribution in [3.63, 3.8) is 0 Å². The fraction of sp³-hybridized carbons (Fsp3) is 0.600. The maximum atomic E-state index is 13.4. The minimum atomic E-state index is -2.95. The first-order valence-electron chi connectivity index (χ1n) is 6.58. The molecule has 0 aliphatic carbocycles. The van der Waals surface area contributed by atoms with Crippen molar-refractivity contribution in [3.05, 3.63) is 35.4 Å². The number of halogens is 2. The summed E-state index contributed by atoms with van der Waals surface area (Å²) >= 11 is 0. The van der Waals surface area contributed by atoms with Crippen LogP contribution >= 0.6 is 0 Å². The monoisotopic (exact) mass is 254 g/mol. The van der Waals surface area contributed by atoms with E-state index in [4.69, 9.17) is 4.74 Å². The van der Waals surface area contributed by atoms with E-state index in [-0.39, 0.29) is 6.10 Å². The number of hydrogen-bond acceptors (Lipinski definition) is 1. The Morgan fingerprint density at radius 3 is 2.50 bits per heavy atom. The Kier molecular flexibility index (Phi) is 4.00. The summed E-state index contributed by atoms with van der Waals surface area (Å²) < 4.78 is 31.7. The first-order valence-corrected chi connectivity index (χ1v) is 6.58. The van der Waals surface area contributed by atoms with E-state index in [1.54, 1.807) is 6.92 Å². The number of alkyl halides is 2. The predicted octanol–water partition coefficient (Wildman–Crippen LogP) is 4.34. The molecule has 3 heteroatoms. The van der Waals surface area contributed by atoms with Gasteiger partial charge in [0, 0.05) is 5.92 Å². The van der Waals surface area contributed by atoms with E-state index >= 15 is 0 Å². The number of aryl methyl sites for hydroxylation is 2. The molecule has 1 fully saturated rings. The van der Waals surface area contributed by atoms with Crippen molar-refractivity contribution in [1.82, 2.24) is 0 Å². The maximum Gasteiger partial charge on any atom is 0.358 e. The molecule has 1 nitrogen and oxygen atoms in total. The summed E-state index contributed by atoms with van der Waals surface area (Å²) in [6.07, 6.45) is -0.497. The van der Waals surface area contributed by atoms with Crippen molar-refractivity contribution < 1.29 is 13.5 Å². The third kappa shape index (κ3) is 3.29. The molecule has 0 radical (unpaired) electrons. The van der Waals surface area contributed by atoms with Crippen molar-refractivity contribution in [1.29, 1.82) is 0 Å². The lowest BCUT2D eigenvalue weighted by Crippen LogP contribution is -2.39. The highest BCUT2D eigenvalue weighted by molar-refractivity contribution is 5.21. The molecule has 0 amide bonds. The number of hydrogen-bond donors (Lipinski definition) is 0. The van der Waals surface area contributed by atoms with Gasteiger partial charge in [-0.05, 0) is 38.2 Å². The van der Waals surface area contributed by atoms with Crippen LogP contribution in [0.15, 0.2) is 24.3 Å². The minimum Gasteiger partial charge on any atom is -0.317 e. The van der Waals surface area contributed by atoms with Gasteiger partial charge in [0.05, 0.1) is 6.10 Å². The van der Waals surface area contributed by atoms with Crippen molar-refractivity contribution in [2.45, 2.75) is 51.7 Å². The summed E-state index contributed by atoms with van der Waals surface area (Å²) in [5.41, 5.74) is 2.40. The van der Waals surface area contributed by atoms with E-state index in [1.165, 1.54) is 11.1 Å². The molecule has 0 spiro atoms. The second-order valence-corrected chi connectivity index (χ2v) is 5.30. The van der Waals surface area contributed by atoms with Gasteiger partial charge in [0.15, 0.2) is 0 Å². The van der Waals surface area contributed by atoms with Gasteiger partial charge in [-0.1, -0.05) is 36.8 Å². The topological polar surface area (TPSA) is 9.23 Å². The Hall–Kier alpha value is -0.960. The van der Waals surface area contributed by atoms with E-state index in [9.17, 15) is 8.78 Å². The normalized spacial score (nSPS) is 27.1. The number of rotatable bonds is 3. The van der Waals surface area contributed by atoms with Crippen molar-refractivity contribution in [2.75, 3.05) is 0 Å². The van der Waals surface area contributed by atoms with Crippen LogP contribution in [0, 0.1) is 12.8 Å². The third-order valence-electron chi connectivity index (χ3n) is 3.69. The molecule has 0 N–H and O–H groups in total. The fourth-order valence-electron chi connectivity index (χ4n) is 2.29. The zero-order valence-corrected chi connectivity index (χ0v) is 11.0. The lowest BCUT2D eigenvalue weighted by atomic mass is 9.94. The average Bonchev–Trinajstić information content (AvgIpc) is 2.32. The number of benzene rings is 1. The standard InChI is InChI=1S/C15H20F2O/c1-11-3-6-13(7-4-11)8-10-14-9-5-12(2)15(16,17)18-14/h3-4,6-7,12,14H,5,8-10H2,1-2H3. The van der Waals surface area contributed by atoms with E-state index in [1.807, 2.05) is 19.1 Å². The third-order valence-corrected chi connectivity index (χ3v) is 3.69. The first-order chi connectivity index (χ1) is 8.47. The van der Waals surface area contributed by atoms with Gasteiger partial charge >= 0.3 is 6.11 Å². The van der Waals surface area contributed by atoms with Crippen LogP contribution in [0.5, 0.6) is 0 Å². The fourth-order valence-corrected chi connectivity index (χ4v) is 2.29. The van der Waals surface area contributed by atoms with Gasteiger partial charge < -0.3 is 4.74 Å². The molecule has 1 aliphatic heterocycles. The van der Waals surface area contributed by atoms with Crippen molar-refractivity contribution in [3.8, 4) is 0 Å². The molecule has 1 aromatic rings. The average molecular weight is 254 g/mol. The Morgan fingerprint density at radius 2 is 1.89 bits per heavy atom. The molecule has 100 valence electrons. The van der Waals surface area contributed by atoms with Gasteiger partial charge in [-0.3, -0.25) is 0 Å². The molecule has 1 aromatic carbocycles. The highest BCUT2D eigenvalue weighted by atomic mass is 19.3. The molecular weight excluding hydrogens is 234 g/mol. The highest BCUT2D eigenvalue weighted by Crippen LogP contribution is 2.37. The van der Waals surface area contributed by atoms with Crippen LogP contribution in [0.2, 0.25) is 0 Å². The van der Waals surface area contributed by atoms with Crippen LogP contribution in [-0.4, -0.2) is 12.2 Å². The van der Waals surface area contributed by atoms with Crippen LogP contribution in [0.1, 0.15) is 37.3 Å². The molecule has 1 saturated heterocycles. The van der Waals surface area contributed by atoms with Crippen molar-refractivity contribution in [2.24, 2.45) is 5.92 Å². The van der Waals surface area contributed by atoms with Crippen LogP contribution in [-0.2, 0) is 11.2 Å². The second-order valence-electron chi connectivity index (χ2n) is 5.30. The van der Waals surface area contributed by atoms with Crippen LogP contribution in [0.25, 0.3) is 0 Å². The first kappa shape index (κ1) is 13.5. The smallest absolute Gasteiger partial charge is 0.317 e. The lowest BCUT2D eigenvalue weighted by Gasteiger charge is -2.34. The molecule has 2 rings (SSSR count). The molecule has 2 unspecified atom stereocenters. The van der Waals surface area contributed by atoms with Gasteiger partial charge in [-0.25, -0.2) is 0 Å². The molecule has 1 aliphatic rings. The quantitative estimate of drug-likeness (QED) is 0.779. The SMILES string of the molecule is Cc1ccc(CCC2CCC(C)C(F)(F)O2)cc1. The minimum absolute atomic E-state index is 0.308. The maximum absolute atomic E-state index is 13.4. The molecule has 0 bridgehead atoms. The molecule has 2 atom stereocenters. The van der Waals surface area contributed by atoms with Gasteiger partial charge in [-0.2, -0.15) is 8.78 Å². The van der Waals surface area contributed by atoms with E-state index in [2.05, 4.69) is 12.1 Å². The van der Waals surface area contributed by atoms with Crippen LogP contribution in [0.3, 0.4) is 0 Å². The highest BCUT2D eigenvalue weighted by Gasteiger charge is 2.43. The van der Waals surface area contributed by atoms with Gasteiger partial charge in [0.25, 0.3) is 0 Å². The van der Waals surface area contributed by atoms with E-state index < -0.39 is 12.0 Å². The van der Waals surface area contributed by atoms with Crippen LogP contribution < -0.4 is 0 Å². The lowest BCUT2D eigenvalue weighted by molar-refractivity contribution is -0.311. The zero-order chi connectivity index (χ0) is 13.2. The molecule has 1 heterocycles. The van der Waals surface area contributed by atoms with Crippen LogP contribution in [0.4, 0.5) is 8.78 Å². The number of ether oxygens (including phenoxy) is 1. The summed E-state index contributed by atoms with van der Waals surface area (Å²) in [5, 5.41) is 0. The molecular formula is C15H20F2O. The Morgan fingerprint density at radius 1 is 1.22 bits per heavy atom. The molecule has 18 heavy (non-hydrogen) atoms. The molecule has 0 saturated carbocycles. The second kappa shape index (κ2) is 5.35. The van der Waals surface area contributed by atoms with Gasteiger partial charge in [0.2, 0.25) is 0 Å². The zero-order valence-electron chi connectivity index (χ0n) is 11.0. The van der Waals surface area contributed by atoms with E-state index in [0.717, 1.165) is 12.8 Å². The molecule has 0 aromatic heterocycles. The van der Waals surface area contributed by atoms with E-state index in [0.29, 0.717) is 12.8 Å². The Bertz CT molecular complexity index is 386. The summed E-state index contributed by atoms with van der Waals surface area (Å²) in [7, 11) is 0. The summed E-state index contributed by atoms with van der Waals surface area (Å²) in [6, 6.07) is 8.21. The Labute approximate surface area is 107 Å².